The van der Waals surface area contributed by atoms with Crippen LogP contribution in [0.5, 0.6) is 0 Å². The van der Waals surface area contributed by atoms with Crippen molar-refractivity contribution in [3.05, 3.63) is 32.6 Å². The molecule has 8 heteroatoms. The molecule has 1 aliphatic carbocycles. The molecule has 1 aromatic heterocycles. The Labute approximate surface area is 121 Å². The van der Waals surface area contributed by atoms with Gasteiger partial charge in [0.15, 0.2) is 0 Å². The molecule has 1 aliphatic rings. The first-order valence-electron chi connectivity index (χ1n) is 7.03. The normalized spacial score (nSPS) is 22.0. The first kappa shape index (κ1) is 15.5. The maximum atomic E-state index is 11.7. The van der Waals surface area contributed by atoms with Gasteiger partial charge in [0, 0.05) is 18.8 Å². The van der Waals surface area contributed by atoms with Crippen LogP contribution in [0.1, 0.15) is 36.0 Å². The molecule has 1 fully saturated rings. The third kappa shape index (κ3) is 4.54. The van der Waals surface area contributed by atoms with E-state index in [1.165, 1.54) is 0 Å². The molecule has 2 rings (SSSR count). The summed E-state index contributed by atoms with van der Waals surface area (Å²) in [6.45, 7) is 0.687. The molecule has 1 amide bonds. The molecule has 116 valence electrons. The van der Waals surface area contributed by atoms with Gasteiger partial charge in [-0.25, -0.2) is 4.79 Å². The van der Waals surface area contributed by atoms with Crippen LogP contribution in [0.25, 0.3) is 0 Å². The van der Waals surface area contributed by atoms with Crippen molar-refractivity contribution in [1.29, 1.82) is 0 Å². The molecule has 0 spiro atoms. The number of hydrogen-bond acceptors (Lipinski definition) is 5. The van der Waals surface area contributed by atoms with Gasteiger partial charge in [0.25, 0.3) is 11.5 Å². The van der Waals surface area contributed by atoms with Crippen LogP contribution in [0.4, 0.5) is 0 Å². The molecule has 0 aromatic carbocycles. The molecular weight excluding hydrogens is 276 g/mol. The van der Waals surface area contributed by atoms with Crippen molar-refractivity contribution in [2.75, 3.05) is 13.2 Å². The van der Waals surface area contributed by atoms with E-state index in [1.54, 1.807) is 0 Å². The molecule has 1 aromatic rings. The standard InChI is InChI=1S/C13H20N4O4/c14-8-1-3-9(4-2-8)21-6-5-15-11(18)10-7-16-13(20)17-12(10)19/h7-9H,1-6,14H2,(H,15,18)(H2,16,17,19,20). The summed E-state index contributed by atoms with van der Waals surface area (Å²) in [5, 5.41) is 2.58. The second kappa shape index (κ2) is 7.19. The van der Waals surface area contributed by atoms with Gasteiger partial charge in [-0.3, -0.25) is 14.6 Å². The zero-order valence-corrected chi connectivity index (χ0v) is 11.7. The van der Waals surface area contributed by atoms with E-state index in [2.05, 4.69) is 10.3 Å². The first-order valence-corrected chi connectivity index (χ1v) is 7.03. The second-order valence-corrected chi connectivity index (χ2v) is 5.15. The molecule has 0 atom stereocenters. The van der Waals surface area contributed by atoms with Crippen LogP contribution in [-0.4, -0.2) is 41.2 Å². The first-order chi connectivity index (χ1) is 10.1. The number of aromatic amines is 2. The molecule has 1 heterocycles. The number of carbonyl (C=O) groups is 1. The fraction of sp³-hybridized carbons (Fsp3) is 0.615. The SMILES string of the molecule is NC1CCC(OCCNC(=O)c2c[nH]c(=O)[nH]c2=O)CC1. The van der Waals surface area contributed by atoms with Crippen LogP contribution in [0.3, 0.4) is 0 Å². The van der Waals surface area contributed by atoms with Crippen LogP contribution in [0.15, 0.2) is 15.8 Å². The van der Waals surface area contributed by atoms with Crippen molar-refractivity contribution in [3.63, 3.8) is 0 Å². The maximum Gasteiger partial charge on any atom is 0.325 e. The smallest absolute Gasteiger partial charge is 0.325 e. The summed E-state index contributed by atoms with van der Waals surface area (Å²) in [5.74, 6) is -0.540. The van der Waals surface area contributed by atoms with Gasteiger partial charge in [-0.1, -0.05) is 0 Å². The van der Waals surface area contributed by atoms with E-state index in [9.17, 15) is 14.4 Å². The number of H-pyrrole nitrogens is 2. The Hall–Kier alpha value is -1.93. The van der Waals surface area contributed by atoms with Gasteiger partial charge in [-0.15, -0.1) is 0 Å². The van der Waals surface area contributed by atoms with Crippen LogP contribution in [0, 0.1) is 0 Å². The Morgan fingerprint density at radius 2 is 2.05 bits per heavy atom. The summed E-state index contributed by atoms with van der Waals surface area (Å²) in [7, 11) is 0. The Morgan fingerprint density at radius 1 is 1.33 bits per heavy atom. The molecule has 0 aliphatic heterocycles. The number of ether oxygens (including phenoxy) is 1. The van der Waals surface area contributed by atoms with E-state index in [1.807, 2.05) is 4.98 Å². The predicted octanol–water partition coefficient (Wildman–Crippen LogP) is -0.920. The number of aromatic nitrogens is 2. The van der Waals surface area contributed by atoms with Crippen molar-refractivity contribution < 1.29 is 9.53 Å². The Kier molecular flexibility index (Phi) is 5.29. The highest BCUT2D eigenvalue weighted by Crippen LogP contribution is 2.19. The largest absolute Gasteiger partial charge is 0.376 e. The molecule has 5 N–H and O–H groups in total. The Bertz CT molecular complexity index is 586. The second-order valence-electron chi connectivity index (χ2n) is 5.15. The van der Waals surface area contributed by atoms with E-state index in [0.29, 0.717) is 13.2 Å². The number of hydrogen-bond donors (Lipinski definition) is 4. The highest BCUT2D eigenvalue weighted by molar-refractivity contribution is 5.93. The van der Waals surface area contributed by atoms with Gasteiger partial charge < -0.3 is 20.8 Å². The lowest BCUT2D eigenvalue weighted by molar-refractivity contribution is 0.0267. The molecule has 0 radical (unpaired) electrons. The highest BCUT2D eigenvalue weighted by Gasteiger charge is 2.18. The minimum atomic E-state index is -0.710. The summed E-state index contributed by atoms with van der Waals surface area (Å²) in [4.78, 5) is 38.3. The third-order valence-corrected chi connectivity index (χ3v) is 3.52. The van der Waals surface area contributed by atoms with E-state index < -0.39 is 17.2 Å². The lowest BCUT2D eigenvalue weighted by Crippen LogP contribution is -2.36. The number of rotatable bonds is 5. The number of amides is 1. The van der Waals surface area contributed by atoms with Crippen molar-refractivity contribution in [3.8, 4) is 0 Å². The van der Waals surface area contributed by atoms with Crippen molar-refractivity contribution in [2.24, 2.45) is 5.73 Å². The average Bonchev–Trinajstić information content (AvgIpc) is 2.45. The molecule has 21 heavy (non-hydrogen) atoms. The van der Waals surface area contributed by atoms with E-state index in [4.69, 9.17) is 10.5 Å². The van der Waals surface area contributed by atoms with Gasteiger partial charge in [0.2, 0.25) is 0 Å². The zero-order valence-electron chi connectivity index (χ0n) is 11.7. The predicted molar refractivity (Wildman–Crippen MR) is 76.2 cm³/mol. The molecule has 8 nitrogen and oxygen atoms in total. The van der Waals surface area contributed by atoms with E-state index >= 15 is 0 Å². The molecule has 0 bridgehead atoms. The summed E-state index contributed by atoms with van der Waals surface area (Å²) in [5.41, 5.74) is 4.33. The van der Waals surface area contributed by atoms with Gasteiger partial charge >= 0.3 is 5.69 Å². The van der Waals surface area contributed by atoms with Crippen molar-refractivity contribution in [1.82, 2.24) is 15.3 Å². The summed E-state index contributed by atoms with van der Waals surface area (Å²) < 4.78 is 5.65. The van der Waals surface area contributed by atoms with Crippen LogP contribution in [-0.2, 0) is 4.74 Å². The molecular formula is C13H20N4O4. The number of carbonyl (C=O) groups excluding carboxylic acids is 1. The van der Waals surface area contributed by atoms with Crippen molar-refractivity contribution >= 4 is 5.91 Å². The van der Waals surface area contributed by atoms with Gasteiger partial charge in [-0.05, 0) is 25.7 Å². The quantitative estimate of drug-likeness (QED) is 0.522. The minimum absolute atomic E-state index is 0.127. The maximum absolute atomic E-state index is 11.7. The molecule has 0 unspecified atom stereocenters. The lowest BCUT2D eigenvalue weighted by Gasteiger charge is -2.26. The molecule has 1 saturated carbocycles. The van der Waals surface area contributed by atoms with Crippen molar-refractivity contribution in [2.45, 2.75) is 37.8 Å². The zero-order chi connectivity index (χ0) is 15.2. The number of nitrogens with one attached hydrogen (secondary N) is 3. The van der Waals surface area contributed by atoms with Gasteiger partial charge in [-0.2, -0.15) is 0 Å². The van der Waals surface area contributed by atoms with E-state index in [0.717, 1.165) is 31.9 Å². The fourth-order valence-corrected chi connectivity index (χ4v) is 2.32. The van der Waals surface area contributed by atoms with Crippen LogP contribution >= 0.6 is 0 Å². The van der Waals surface area contributed by atoms with Gasteiger partial charge in [0.05, 0.1) is 12.7 Å². The monoisotopic (exact) mass is 296 g/mol. The molecule has 0 saturated heterocycles. The number of nitrogens with two attached hydrogens (primary N) is 1. The Balaban J connectivity index is 1.72. The van der Waals surface area contributed by atoms with Crippen LogP contribution in [0.2, 0.25) is 0 Å². The van der Waals surface area contributed by atoms with Crippen LogP contribution < -0.4 is 22.3 Å². The summed E-state index contributed by atoms with van der Waals surface area (Å²) in [6.07, 6.45) is 5.09. The third-order valence-electron chi connectivity index (χ3n) is 3.52. The fourth-order valence-electron chi connectivity index (χ4n) is 2.32. The lowest BCUT2D eigenvalue weighted by atomic mass is 9.94. The Morgan fingerprint density at radius 3 is 2.71 bits per heavy atom. The van der Waals surface area contributed by atoms with E-state index in [-0.39, 0.29) is 17.7 Å². The topological polar surface area (TPSA) is 130 Å². The minimum Gasteiger partial charge on any atom is -0.376 e. The highest BCUT2D eigenvalue weighted by atomic mass is 16.5. The average molecular weight is 296 g/mol. The summed E-state index contributed by atoms with van der Waals surface area (Å²) in [6, 6.07) is 0.275. The summed E-state index contributed by atoms with van der Waals surface area (Å²) >= 11 is 0. The van der Waals surface area contributed by atoms with Gasteiger partial charge in [0.1, 0.15) is 5.56 Å².